The maximum absolute atomic E-state index is 12.8. The second-order valence-corrected chi connectivity index (χ2v) is 8.89. The zero-order valence-corrected chi connectivity index (χ0v) is 17.5. The van der Waals surface area contributed by atoms with Crippen molar-refractivity contribution in [2.45, 2.75) is 13.0 Å². The van der Waals surface area contributed by atoms with Gasteiger partial charge >= 0.3 is 0 Å². The van der Waals surface area contributed by atoms with Gasteiger partial charge in [-0.05, 0) is 54.4 Å². The number of thiophene rings is 1. The van der Waals surface area contributed by atoms with Crippen molar-refractivity contribution in [3.63, 3.8) is 0 Å². The summed E-state index contributed by atoms with van der Waals surface area (Å²) in [5, 5.41) is 3.05. The van der Waals surface area contributed by atoms with Crippen LogP contribution >= 0.6 is 22.9 Å². The van der Waals surface area contributed by atoms with E-state index in [-0.39, 0.29) is 5.91 Å². The Morgan fingerprint density at radius 2 is 2.00 bits per heavy atom. The van der Waals surface area contributed by atoms with Crippen LogP contribution in [0, 0.1) is 0 Å². The van der Waals surface area contributed by atoms with Gasteiger partial charge in [-0.15, -0.1) is 11.3 Å². The lowest BCUT2D eigenvalue weighted by Gasteiger charge is -2.19. The molecule has 28 heavy (non-hydrogen) atoms. The minimum absolute atomic E-state index is 0.0904. The van der Waals surface area contributed by atoms with Crippen LogP contribution in [0.5, 0.6) is 0 Å². The van der Waals surface area contributed by atoms with E-state index in [1.54, 1.807) is 11.3 Å². The van der Waals surface area contributed by atoms with Gasteiger partial charge in [0.15, 0.2) is 0 Å². The van der Waals surface area contributed by atoms with E-state index in [1.165, 1.54) is 16.1 Å². The molecule has 4 nitrogen and oxygen atoms in total. The summed E-state index contributed by atoms with van der Waals surface area (Å²) in [5.41, 5.74) is 4.90. The fourth-order valence-corrected chi connectivity index (χ4v) is 4.69. The normalized spacial score (nSPS) is 12.8. The first-order chi connectivity index (χ1) is 13.5. The minimum atomic E-state index is -0.0904. The Hall–Kier alpha value is -2.50. The second-order valence-electron chi connectivity index (χ2n) is 7.09. The molecule has 0 saturated heterocycles. The van der Waals surface area contributed by atoms with Gasteiger partial charge in [-0.3, -0.25) is 4.79 Å². The van der Waals surface area contributed by atoms with Gasteiger partial charge in [0.25, 0.3) is 5.91 Å². The molecule has 1 amide bonds. The van der Waals surface area contributed by atoms with E-state index < -0.39 is 0 Å². The predicted molar refractivity (Wildman–Crippen MR) is 119 cm³/mol. The van der Waals surface area contributed by atoms with Crippen LogP contribution < -0.4 is 15.1 Å². The minimum Gasteiger partial charge on any atom is -0.377 e. The van der Waals surface area contributed by atoms with Gasteiger partial charge in [0, 0.05) is 42.6 Å². The molecule has 6 heteroatoms. The van der Waals surface area contributed by atoms with Gasteiger partial charge in [-0.1, -0.05) is 23.7 Å². The first-order valence-corrected chi connectivity index (χ1v) is 10.4. The standard InChI is InChI=1S/C22H22ClN3OS/c1-25(2)20-6-4-3-5-18(20)22(27)24-16-7-9-19-15(13-16)11-12-26(19)14-17-8-10-21(23)28-17/h3-10,13H,11-12,14H2,1-2H3,(H,24,27). The average molecular weight is 412 g/mol. The van der Waals surface area contributed by atoms with Crippen molar-refractivity contribution in [3.8, 4) is 0 Å². The van der Waals surface area contributed by atoms with Crippen LogP contribution in [0.1, 0.15) is 20.8 Å². The molecule has 144 valence electrons. The maximum atomic E-state index is 12.8. The highest BCUT2D eigenvalue weighted by atomic mass is 35.5. The van der Waals surface area contributed by atoms with Crippen molar-refractivity contribution < 1.29 is 4.79 Å². The van der Waals surface area contributed by atoms with E-state index in [4.69, 9.17) is 11.6 Å². The first-order valence-electron chi connectivity index (χ1n) is 9.21. The van der Waals surface area contributed by atoms with E-state index in [1.807, 2.05) is 55.4 Å². The van der Waals surface area contributed by atoms with Crippen molar-refractivity contribution in [2.75, 3.05) is 35.8 Å². The molecule has 0 saturated carbocycles. The van der Waals surface area contributed by atoms with Crippen molar-refractivity contribution in [2.24, 2.45) is 0 Å². The average Bonchev–Trinajstić information content (AvgIpc) is 3.27. The molecule has 1 aliphatic rings. The van der Waals surface area contributed by atoms with Gasteiger partial charge in [0.05, 0.1) is 16.4 Å². The molecule has 0 radical (unpaired) electrons. The largest absolute Gasteiger partial charge is 0.377 e. The molecule has 1 aliphatic heterocycles. The fourth-order valence-electron chi connectivity index (χ4n) is 3.59. The molecule has 2 aromatic carbocycles. The van der Waals surface area contributed by atoms with E-state index in [9.17, 15) is 4.79 Å². The topological polar surface area (TPSA) is 35.6 Å². The van der Waals surface area contributed by atoms with Gasteiger partial charge in [-0.25, -0.2) is 0 Å². The third-order valence-corrected chi connectivity index (χ3v) is 6.15. The number of hydrogen-bond acceptors (Lipinski definition) is 4. The van der Waals surface area contributed by atoms with Crippen LogP contribution in [0.15, 0.2) is 54.6 Å². The predicted octanol–water partition coefficient (Wildman–Crippen LogP) is 5.28. The van der Waals surface area contributed by atoms with Crippen molar-refractivity contribution >= 4 is 45.9 Å². The van der Waals surface area contributed by atoms with Crippen molar-refractivity contribution in [1.82, 2.24) is 0 Å². The summed E-state index contributed by atoms with van der Waals surface area (Å²) < 4.78 is 0.825. The smallest absolute Gasteiger partial charge is 0.257 e. The van der Waals surface area contributed by atoms with Crippen LogP contribution in [-0.2, 0) is 13.0 Å². The molecule has 1 aromatic heterocycles. The Kier molecular flexibility index (Phi) is 5.29. The summed E-state index contributed by atoms with van der Waals surface area (Å²) in [4.78, 5) is 18.4. The quantitative estimate of drug-likeness (QED) is 0.620. The monoisotopic (exact) mass is 411 g/mol. The van der Waals surface area contributed by atoms with Crippen LogP contribution in [-0.4, -0.2) is 26.5 Å². The molecule has 2 heterocycles. The highest BCUT2D eigenvalue weighted by molar-refractivity contribution is 7.16. The van der Waals surface area contributed by atoms with Crippen LogP contribution in [0.3, 0.4) is 0 Å². The number of carbonyl (C=O) groups is 1. The zero-order chi connectivity index (χ0) is 19.7. The van der Waals surface area contributed by atoms with Gasteiger partial charge in [-0.2, -0.15) is 0 Å². The van der Waals surface area contributed by atoms with E-state index in [0.717, 1.165) is 35.2 Å². The Labute approximate surface area is 174 Å². The molecule has 0 atom stereocenters. The summed E-state index contributed by atoms with van der Waals surface area (Å²) in [7, 11) is 3.88. The summed E-state index contributed by atoms with van der Waals surface area (Å²) >= 11 is 7.68. The molecule has 0 fully saturated rings. The lowest BCUT2D eigenvalue weighted by molar-refractivity contribution is 0.102. The maximum Gasteiger partial charge on any atom is 0.257 e. The van der Waals surface area contributed by atoms with Gasteiger partial charge in [0.1, 0.15) is 0 Å². The zero-order valence-electron chi connectivity index (χ0n) is 15.9. The summed E-state index contributed by atoms with van der Waals surface area (Å²) in [6, 6.07) is 17.8. The molecular weight excluding hydrogens is 390 g/mol. The molecule has 4 rings (SSSR count). The molecular formula is C22H22ClN3OS. The number of amides is 1. The lowest BCUT2D eigenvalue weighted by Crippen LogP contribution is -2.19. The number of rotatable bonds is 5. The number of fused-ring (bicyclic) bond motifs is 1. The van der Waals surface area contributed by atoms with E-state index >= 15 is 0 Å². The third-order valence-electron chi connectivity index (χ3n) is 4.94. The molecule has 0 aliphatic carbocycles. The Bertz CT molecular complexity index is 1010. The summed E-state index contributed by atoms with van der Waals surface area (Å²) in [5.74, 6) is -0.0904. The highest BCUT2D eigenvalue weighted by Crippen LogP contribution is 2.33. The van der Waals surface area contributed by atoms with E-state index in [0.29, 0.717) is 5.56 Å². The molecule has 0 bridgehead atoms. The SMILES string of the molecule is CN(C)c1ccccc1C(=O)Nc1ccc2c(c1)CCN2Cc1ccc(Cl)s1. The Balaban J connectivity index is 1.50. The fraction of sp³-hybridized carbons (Fsp3) is 0.227. The lowest BCUT2D eigenvalue weighted by atomic mass is 10.1. The second kappa shape index (κ2) is 7.86. The number of carbonyl (C=O) groups excluding carboxylic acids is 1. The van der Waals surface area contributed by atoms with Gasteiger partial charge in [0.2, 0.25) is 0 Å². The number of benzene rings is 2. The van der Waals surface area contributed by atoms with Gasteiger partial charge < -0.3 is 15.1 Å². The number of nitrogens with one attached hydrogen (secondary N) is 1. The number of nitrogens with zero attached hydrogens (tertiary/aromatic N) is 2. The third kappa shape index (κ3) is 3.86. The molecule has 1 N–H and O–H groups in total. The number of para-hydroxylation sites is 1. The molecule has 0 unspecified atom stereocenters. The Morgan fingerprint density at radius 3 is 2.75 bits per heavy atom. The number of halogens is 1. The molecule has 0 spiro atoms. The van der Waals surface area contributed by atoms with Crippen LogP contribution in [0.2, 0.25) is 4.34 Å². The van der Waals surface area contributed by atoms with Crippen LogP contribution in [0.4, 0.5) is 17.1 Å². The summed E-state index contributed by atoms with van der Waals surface area (Å²) in [6.45, 7) is 1.85. The Morgan fingerprint density at radius 1 is 1.18 bits per heavy atom. The first kappa shape index (κ1) is 18.8. The summed E-state index contributed by atoms with van der Waals surface area (Å²) in [6.07, 6.45) is 0.979. The van der Waals surface area contributed by atoms with Crippen molar-refractivity contribution in [3.05, 3.63) is 74.9 Å². The van der Waals surface area contributed by atoms with Crippen LogP contribution in [0.25, 0.3) is 0 Å². The number of anilines is 3. The van der Waals surface area contributed by atoms with E-state index in [2.05, 4.69) is 28.4 Å². The molecule has 3 aromatic rings. The number of hydrogen-bond donors (Lipinski definition) is 1. The highest BCUT2D eigenvalue weighted by Gasteiger charge is 2.21. The van der Waals surface area contributed by atoms with Crippen molar-refractivity contribution in [1.29, 1.82) is 0 Å².